The van der Waals surface area contributed by atoms with E-state index in [2.05, 4.69) is 10.6 Å². The van der Waals surface area contributed by atoms with Crippen LogP contribution in [0.5, 0.6) is 0 Å². The van der Waals surface area contributed by atoms with E-state index in [0.29, 0.717) is 12.8 Å². The molecule has 128 valence electrons. The monoisotopic (exact) mass is 346 g/mol. The van der Waals surface area contributed by atoms with E-state index in [4.69, 9.17) is 0 Å². The minimum atomic E-state index is -0.725. The van der Waals surface area contributed by atoms with Crippen molar-refractivity contribution in [1.82, 2.24) is 10.6 Å². The van der Waals surface area contributed by atoms with Gasteiger partial charge in [-0.2, -0.15) is 11.3 Å². The lowest BCUT2D eigenvalue weighted by molar-refractivity contribution is -0.126. The lowest BCUT2D eigenvalue weighted by Crippen LogP contribution is -2.38. The Bertz CT molecular complexity index is 653. The Labute approximate surface area is 145 Å². The summed E-state index contributed by atoms with van der Waals surface area (Å²) in [6.45, 7) is 2.07. The van der Waals surface area contributed by atoms with Crippen LogP contribution in [0.4, 0.5) is 0 Å². The highest BCUT2D eigenvalue weighted by Gasteiger charge is 2.10. The third-order valence-electron chi connectivity index (χ3n) is 3.63. The second-order valence-electron chi connectivity index (χ2n) is 5.64. The second kappa shape index (κ2) is 9.20. The molecule has 1 aromatic heterocycles. The summed E-state index contributed by atoms with van der Waals surface area (Å²) in [5, 5.41) is 18.8. The Morgan fingerprint density at radius 1 is 1.12 bits per heavy atom. The average Bonchev–Trinajstić information content (AvgIpc) is 3.12. The lowest BCUT2D eigenvalue weighted by atomic mass is 10.1. The summed E-state index contributed by atoms with van der Waals surface area (Å²) in [4.78, 5) is 23.5. The molecule has 0 aliphatic carbocycles. The standard InChI is InChI=1S/C18H22N2O3S/c1-13-2-4-14(5-3-13)6-7-17(22)20-11-18(23)19-10-16(21)15-8-9-24-12-15/h2-5,8-9,12,16,21H,6-7,10-11H2,1H3,(H,19,23)(H,20,22). The van der Waals surface area contributed by atoms with Crippen molar-refractivity contribution < 1.29 is 14.7 Å². The van der Waals surface area contributed by atoms with Crippen molar-refractivity contribution in [2.24, 2.45) is 0 Å². The lowest BCUT2D eigenvalue weighted by Gasteiger charge is -2.11. The number of carbonyl (C=O) groups excluding carboxylic acids is 2. The number of aryl methyl sites for hydroxylation is 2. The molecule has 5 nitrogen and oxygen atoms in total. The molecule has 0 aliphatic rings. The number of hydrogen-bond acceptors (Lipinski definition) is 4. The maximum Gasteiger partial charge on any atom is 0.239 e. The van der Waals surface area contributed by atoms with Gasteiger partial charge in [0, 0.05) is 13.0 Å². The SMILES string of the molecule is Cc1ccc(CCC(=O)NCC(=O)NCC(O)c2ccsc2)cc1. The fourth-order valence-corrected chi connectivity index (χ4v) is 2.84. The molecule has 2 aromatic rings. The Hall–Kier alpha value is -2.18. The van der Waals surface area contributed by atoms with E-state index < -0.39 is 6.10 Å². The number of thiophene rings is 1. The largest absolute Gasteiger partial charge is 0.387 e. The van der Waals surface area contributed by atoms with Crippen LogP contribution < -0.4 is 10.6 Å². The summed E-state index contributed by atoms with van der Waals surface area (Å²) in [5.41, 5.74) is 3.06. The van der Waals surface area contributed by atoms with Crippen LogP contribution in [0.2, 0.25) is 0 Å². The van der Waals surface area contributed by atoms with E-state index in [0.717, 1.165) is 11.1 Å². The van der Waals surface area contributed by atoms with Crippen molar-refractivity contribution >= 4 is 23.2 Å². The van der Waals surface area contributed by atoms with Crippen LogP contribution >= 0.6 is 11.3 Å². The summed E-state index contributed by atoms with van der Waals surface area (Å²) >= 11 is 1.49. The maximum absolute atomic E-state index is 11.8. The van der Waals surface area contributed by atoms with E-state index in [1.165, 1.54) is 16.9 Å². The van der Waals surface area contributed by atoms with Gasteiger partial charge in [-0.3, -0.25) is 9.59 Å². The van der Waals surface area contributed by atoms with Crippen LogP contribution in [0.3, 0.4) is 0 Å². The normalized spacial score (nSPS) is 11.8. The summed E-state index contributed by atoms with van der Waals surface area (Å²) < 4.78 is 0. The first-order chi connectivity index (χ1) is 11.5. The molecule has 1 heterocycles. The predicted octanol–water partition coefficient (Wildman–Crippen LogP) is 1.96. The maximum atomic E-state index is 11.8. The number of nitrogens with one attached hydrogen (secondary N) is 2. The molecular weight excluding hydrogens is 324 g/mol. The molecule has 0 spiro atoms. The smallest absolute Gasteiger partial charge is 0.239 e. The predicted molar refractivity (Wildman–Crippen MR) is 94.8 cm³/mol. The van der Waals surface area contributed by atoms with Gasteiger partial charge in [0.1, 0.15) is 0 Å². The molecule has 0 aliphatic heterocycles. The van der Waals surface area contributed by atoms with Gasteiger partial charge in [0.25, 0.3) is 0 Å². The van der Waals surface area contributed by atoms with Crippen molar-refractivity contribution in [3.05, 3.63) is 57.8 Å². The Morgan fingerprint density at radius 3 is 2.54 bits per heavy atom. The Balaban J connectivity index is 1.62. The summed E-state index contributed by atoms with van der Waals surface area (Å²) in [6, 6.07) is 9.84. The molecule has 0 bridgehead atoms. The number of benzene rings is 1. The first-order valence-electron chi connectivity index (χ1n) is 7.83. The number of carbonyl (C=O) groups is 2. The van der Waals surface area contributed by atoms with Crippen LogP contribution in [0.1, 0.15) is 29.2 Å². The van der Waals surface area contributed by atoms with Gasteiger partial charge in [0.05, 0.1) is 12.6 Å². The van der Waals surface area contributed by atoms with Gasteiger partial charge < -0.3 is 15.7 Å². The quantitative estimate of drug-likeness (QED) is 0.684. The van der Waals surface area contributed by atoms with Crippen molar-refractivity contribution in [2.45, 2.75) is 25.9 Å². The van der Waals surface area contributed by atoms with E-state index in [1.54, 1.807) is 0 Å². The Morgan fingerprint density at radius 2 is 1.88 bits per heavy atom. The molecule has 2 amide bonds. The fraction of sp³-hybridized carbons (Fsp3) is 0.333. The molecule has 6 heteroatoms. The number of aliphatic hydroxyl groups is 1. The Kier molecular flexibility index (Phi) is 6.96. The van der Waals surface area contributed by atoms with Crippen LogP contribution in [0.25, 0.3) is 0 Å². The number of amides is 2. The van der Waals surface area contributed by atoms with Crippen LogP contribution in [0.15, 0.2) is 41.1 Å². The summed E-state index contributed by atoms with van der Waals surface area (Å²) in [7, 11) is 0. The molecule has 3 N–H and O–H groups in total. The van der Waals surface area contributed by atoms with Crippen molar-refractivity contribution in [3.63, 3.8) is 0 Å². The third-order valence-corrected chi connectivity index (χ3v) is 4.33. The van der Waals surface area contributed by atoms with E-state index in [9.17, 15) is 14.7 Å². The molecule has 0 fully saturated rings. The molecule has 1 aromatic carbocycles. The van der Waals surface area contributed by atoms with Gasteiger partial charge in [-0.1, -0.05) is 29.8 Å². The molecule has 0 radical (unpaired) electrons. The van der Waals surface area contributed by atoms with Gasteiger partial charge in [-0.25, -0.2) is 0 Å². The zero-order valence-corrected chi connectivity index (χ0v) is 14.4. The van der Waals surface area contributed by atoms with Crippen molar-refractivity contribution in [1.29, 1.82) is 0 Å². The van der Waals surface area contributed by atoms with Gasteiger partial charge in [-0.05, 0) is 41.3 Å². The number of hydrogen-bond donors (Lipinski definition) is 3. The van der Waals surface area contributed by atoms with Gasteiger partial charge >= 0.3 is 0 Å². The third kappa shape index (κ3) is 6.14. The highest BCUT2D eigenvalue weighted by Crippen LogP contribution is 2.14. The topological polar surface area (TPSA) is 78.4 Å². The minimum absolute atomic E-state index is 0.0803. The molecule has 1 atom stereocenters. The summed E-state index contributed by atoms with van der Waals surface area (Å²) in [5.74, 6) is -0.475. The molecular formula is C18H22N2O3S. The van der Waals surface area contributed by atoms with Crippen LogP contribution in [0, 0.1) is 6.92 Å². The highest BCUT2D eigenvalue weighted by molar-refractivity contribution is 7.07. The van der Waals surface area contributed by atoms with Gasteiger partial charge in [0.2, 0.25) is 11.8 Å². The van der Waals surface area contributed by atoms with Gasteiger partial charge in [0.15, 0.2) is 0 Å². The number of aliphatic hydroxyl groups excluding tert-OH is 1. The van der Waals surface area contributed by atoms with Crippen LogP contribution in [-0.2, 0) is 16.0 Å². The van der Waals surface area contributed by atoms with Crippen LogP contribution in [-0.4, -0.2) is 30.0 Å². The first kappa shape index (κ1) is 18.2. The minimum Gasteiger partial charge on any atom is -0.387 e. The average molecular weight is 346 g/mol. The molecule has 1 unspecified atom stereocenters. The zero-order valence-electron chi connectivity index (χ0n) is 13.6. The molecule has 2 rings (SSSR count). The van der Waals surface area contributed by atoms with E-state index in [1.807, 2.05) is 48.0 Å². The summed E-state index contributed by atoms with van der Waals surface area (Å²) in [6.07, 6.45) is 0.260. The first-order valence-corrected chi connectivity index (χ1v) is 8.78. The van der Waals surface area contributed by atoms with Crippen molar-refractivity contribution in [3.8, 4) is 0 Å². The molecule has 0 saturated heterocycles. The van der Waals surface area contributed by atoms with E-state index in [-0.39, 0.29) is 24.9 Å². The number of rotatable bonds is 8. The molecule has 24 heavy (non-hydrogen) atoms. The fourth-order valence-electron chi connectivity index (χ4n) is 2.14. The van der Waals surface area contributed by atoms with E-state index >= 15 is 0 Å². The second-order valence-corrected chi connectivity index (χ2v) is 6.42. The highest BCUT2D eigenvalue weighted by atomic mass is 32.1. The molecule has 0 saturated carbocycles. The van der Waals surface area contributed by atoms with Gasteiger partial charge in [-0.15, -0.1) is 0 Å². The van der Waals surface area contributed by atoms with Crippen molar-refractivity contribution in [2.75, 3.05) is 13.1 Å². The zero-order chi connectivity index (χ0) is 17.4.